The van der Waals surface area contributed by atoms with Crippen molar-refractivity contribution in [2.75, 3.05) is 24.9 Å². The number of ether oxygens (including phenoxy) is 2. The van der Waals surface area contributed by atoms with Crippen LogP contribution in [-0.2, 0) is 6.54 Å². The molecule has 0 saturated heterocycles. The standard InChI is InChI=1S/C24H24N4O2/c1-16-8-10-17(11-9-16)15-25-23-19-6-4-5-7-20(19)26-24(28-23)27-21-13-12-18(29-2)14-22(21)30-3/h4-14H,15H2,1-3H3,(H2,25,26,27,28). The van der Waals surface area contributed by atoms with Gasteiger partial charge in [0, 0.05) is 18.0 Å². The number of hydrogen-bond acceptors (Lipinski definition) is 6. The molecule has 0 atom stereocenters. The van der Waals surface area contributed by atoms with Crippen LogP contribution in [0.5, 0.6) is 11.5 Å². The van der Waals surface area contributed by atoms with E-state index >= 15 is 0 Å². The van der Waals surface area contributed by atoms with E-state index in [2.05, 4.69) is 46.8 Å². The first-order valence-corrected chi connectivity index (χ1v) is 9.71. The Balaban J connectivity index is 1.65. The summed E-state index contributed by atoms with van der Waals surface area (Å²) in [6, 6.07) is 22.0. The molecule has 0 fully saturated rings. The Bertz CT molecular complexity index is 1160. The first kappa shape index (κ1) is 19.5. The van der Waals surface area contributed by atoms with E-state index in [9.17, 15) is 0 Å². The summed E-state index contributed by atoms with van der Waals surface area (Å²) in [5, 5.41) is 7.69. The summed E-state index contributed by atoms with van der Waals surface area (Å²) >= 11 is 0. The smallest absolute Gasteiger partial charge is 0.229 e. The molecule has 0 radical (unpaired) electrons. The summed E-state index contributed by atoms with van der Waals surface area (Å²) in [6.07, 6.45) is 0. The molecule has 0 aliphatic rings. The van der Waals surface area contributed by atoms with Gasteiger partial charge >= 0.3 is 0 Å². The lowest BCUT2D eigenvalue weighted by atomic mass is 10.1. The molecule has 4 aromatic rings. The maximum atomic E-state index is 5.48. The third kappa shape index (κ3) is 4.27. The van der Waals surface area contributed by atoms with Crippen LogP contribution < -0.4 is 20.1 Å². The van der Waals surface area contributed by atoms with E-state index in [-0.39, 0.29) is 0 Å². The highest BCUT2D eigenvalue weighted by Crippen LogP contribution is 2.32. The van der Waals surface area contributed by atoms with Crippen LogP contribution >= 0.6 is 0 Å². The predicted molar refractivity (Wildman–Crippen MR) is 121 cm³/mol. The van der Waals surface area contributed by atoms with E-state index in [0.29, 0.717) is 18.2 Å². The molecule has 0 unspecified atom stereocenters. The number of hydrogen-bond donors (Lipinski definition) is 2. The molecular formula is C24H24N4O2. The quantitative estimate of drug-likeness (QED) is 0.438. The Morgan fingerprint density at radius 3 is 2.43 bits per heavy atom. The van der Waals surface area contributed by atoms with Gasteiger partial charge in [-0.15, -0.1) is 0 Å². The Morgan fingerprint density at radius 1 is 0.867 bits per heavy atom. The highest BCUT2D eigenvalue weighted by molar-refractivity contribution is 5.90. The van der Waals surface area contributed by atoms with Crippen molar-refractivity contribution in [2.45, 2.75) is 13.5 Å². The van der Waals surface area contributed by atoms with E-state index in [1.165, 1.54) is 11.1 Å². The van der Waals surface area contributed by atoms with Crippen LogP contribution in [-0.4, -0.2) is 24.2 Å². The van der Waals surface area contributed by atoms with Gasteiger partial charge in [-0.2, -0.15) is 4.98 Å². The predicted octanol–water partition coefficient (Wildman–Crippen LogP) is 5.31. The van der Waals surface area contributed by atoms with Crippen molar-refractivity contribution < 1.29 is 9.47 Å². The van der Waals surface area contributed by atoms with Gasteiger partial charge in [0.2, 0.25) is 5.95 Å². The maximum Gasteiger partial charge on any atom is 0.229 e. The van der Waals surface area contributed by atoms with Crippen LogP contribution in [0.4, 0.5) is 17.5 Å². The zero-order valence-electron chi connectivity index (χ0n) is 17.3. The molecule has 1 aromatic heterocycles. The molecule has 30 heavy (non-hydrogen) atoms. The van der Waals surface area contributed by atoms with Gasteiger partial charge in [-0.3, -0.25) is 0 Å². The maximum absolute atomic E-state index is 5.48. The fraction of sp³-hybridized carbons (Fsp3) is 0.167. The van der Waals surface area contributed by atoms with Gasteiger partial charge in [-0.1, -0.05) is 42.0 Å². The topological polar surface area (TPSA) is 68.3 Å². The van der Waals surface area contributed by atoms with Crippen LogP contribution in [0.3, 0.4) is 0 Å². The summed E-state index contributed by atoms with van der Waals surface area (Å²) in [5.74, 6) is 2.64. The Morgan fingerprint density at radius 2 is 1.67 bits per heavy atom. The van der Waals surface area contributed by atoms with E-state index < -0.39 is 0 Å². The number of para-hydroxylation sites is 1. The molecule has 0 aliphatic heterocycles. The van der Waals surface area contributed by atoms with Gasteiger partial charge in [-0.05, 0) is 36.8 Å². The largest absolute Gasteiger partial charge is 0.497 e. The van der Waals surface area contributed by atoms with E-state index in [4.69, 9.17) is 14.5 Å². The van der Waals surface area contributed by atoms with Gasteiger partial charge in [0.25, 0.3) is 0 Å². The molecule has 2 N–H and O–H groups in total. The molecular weight excluding hydrogens is 376 g/mol. The van der Waals surface area contributed by atoms with Gasteiger partial charge in [-0.25, -0.2) is 4.98 Å². The molecule has 6 heteroatoms. The molecule has 0 spiro atoms. The summed E-state index contributed by atoms with van der Waals surface area (Å²) in [5.41, 5.74) is 4.05. The minimum atomic E-state index is 0.489. The van der Waals surface area contributed by atoms with Gasteiger partial charge in [0.05, 0.1) is 25.4 Å². The van der Waals surface area contributed by atoms with Crippen molar-refractivity contribution in [3.8, 4) is 11.5 Å². The molecule has 0 bridgehead atoms. The summed E-state index contributed by atoms with van der Waals surface area (Å²) in [6.45, 7) is 2.76. The third-order valence-corrected chi connectivity index (χ3v) is 4.84. The van der Waals surface area contributed by atoms with Crippen LogP contribution in [0, 0.1) is 6.92 Å². The lowest BCUT2D eigenvalue weighted by Crippen LogP contribution is -2.06. The summed E-state index contributed by atoms with van der Waals surface area (Å²) in [4.78, 5) is 9.39. The molecule has 0 amide bonds. The second-order valence-electron chi connectivity index (χ2n) is 6.94. The lowest BCUT2D eigenvalue weighted by molar-refractivity contribution is 0.395. The monoisotopic (exact) mass is 400 g/mol. The normalized spacial score (nSPS) is 10.6. The Labute approximate surface area is 175 Å². The zero-order valence-corrected chi connectivity index (χ0v) is 17.3. The summed E-state index contributed by atoms with van der Waals surface area (Å²) in [7, 11) is 3.25. The van der Waals surface area contributed by atoms with Gasteiger partial charge in [0.15, 0.2) is 0 Å². The molecule has 0 saturated carbocycles. The third-order valence-electron chi connectivity index (χ3n) is 4.84. The van der Waals surface area contributed by atoms with Crippen LogP contribution in [0.15, 0.2) is 66.7 Å². The number of rotatable bonds is 7. The molecule has 152 valence electrons. The highest BCUT2D eigenvalue weighted by atomic mass is 16.5. The van der Waals surface area contributed by atoms with E-state index in [1.807, 2.05) is 42.5 Å². The first-order chi connectivity index (χ1) is 14.7. The molecule has 3 aromatic carbocycles. The molecule has 1 heterocycles. The van der Waals surface area contributed by atoms with Gasteiger partial charge in [0.1, 0.15) is 17.3 Å². The first-order valence-electron chi connectivity index (χ1n) is 9.71. The SMILES string of the molecule is COc1ccc(Nc2nc(NCc3ccc(C)cc3)c3ccccc3n2)c(OC)c1. The number of aryl methyl sites for hydroxylation is 1. The van der Waals surface area contributed by atoms with Gasteiger partial charge < -0.3 is 20.1 Å². The minimum Gasteiger partial charge on any atom is -0.497 e. The second-order valence-corrected chi connectivity index (χ2v) is 6.94. The van der Waals surface area contributed by atoms with Crippen LogP contribution in [0.25, 0.3) is 10.9 Å². The average Bonchev–Trinajstić information content (AvgIpc) is 2.78. The van der Waals surface area contributed by atoms with Crippen molar-refractivity contribution in [3.05, 3.63) is 77.9 Å². The van der Waals surface area contributed by atoms with E-state index in [1.54, 1.807) is 14.2 Å². The number of nitrogens with one attached hydrogen (secondary N) is 2. The fourth-order valence-corrected chi connectivity index (χ4v) is 3.18. The van der Waals surface area contributed by atoms with Crippen LogP contribution in [0.2, 0.25) is 0 Å². The molecule has 6 nitrogen and oxygen atoms in total. The van der Waals surface area contributed by atoms with Crippen molar-refractivity contribution in [1.29, 1.82) is 0 Å². The average molecular weight is 400 g/mol. The number of methoxy groups -OCH3 is 2. The number of anilines is 3. The highest BCUT2D eigenvalue weighted by Gasteiger charge is 2.11. The fourth-order valence-electron chi connectivity index (χ4n) is 3.18. The van der Waals surface area contributed by atoms with Crippen molar-refractivity contribution in [2.24, 2.45) is 0 Å². The van der Waals surface area contributed by atoms with Crippen molar-refractivity contribution in [3.63, 3.8) is 0 Å². The number of nitrogens with zero attached hydrogens (tertiary/aromatic N) is 2. The molecule has 0 aliphatic carbocycles. The Kier molecular flexibility index (Phi) is 5.66. The van der Waals surface area contributed by atoms with Crippen LogP contribution in [0.1, 0.15) is 11.1 Å². The number of fused-ring (bicyclic) bond motifs is 1. The zero-order chi connectivity index (χ0) is 20.9. The van der Waals surface area contributed by atoms with Crippen molar-refractivity contribution >= 4 is 28.4 Å². The lowest BCUT2D eigenvalue weighted by Gasteiger charge is -2.14. The minimum absolute atomic E-state index is 0.489. The van der Waals surface area contributed by atoms with Crippen molar-refractivity contribution in [1.82, 2.24) is 9.97 Å². The Hall–Kier alpha value is -3.80. The second kappa shape index (κ2) is 8.69. The summed E-state index contributed by atoms with van der Waals surface area (Å²) < 4.78 is 10.7. The number of aromatic nitrogens is 2. The van der Waals surface area contributed by atoms with E-state index in [0.717, 1.165) is 28.2 Å². The molecule has 4 rings (SSSR count). The number of benzene rings is 3.